The van der Waals surface area contributed by atoms with Gasteiger partial charge in [0.1, 0.15) is 0 Å². The molecule has 1 aromatic carbocycles. The maximum Gasteiger partial charge on any atom is 0.253 e. The normalized spacial score (nSPS) is 17.2. The van der Waals surface area contributed by atoms with Crippen LogP contribution in [0.4, 0.5) is 0 Å². The molecule has 1 saturated carbocycles. The third kappa shape index (κ3) is 4.09. The lowest BCUT2D eigenvalue weighted by atomic mass is 9.83. The summed E-state index contributed by atoms with van der Waals surface area (Å²) >= 11 is 17.2. The van der Waals surface area contributed by atoms with Gasteiger partial charge in [0.2, 0.25) is 0 Å². The van der Waals surface area contributed by atoms with Crippen LogP contribution in [0.2, 0.25) is 10.0 Å². The molecule has 1 fully saturated rings. The van der Waals surface area contributed by atoms with Crippen molar-refractivity contribution in [2.45, 2.75) is 38.1 Å². The van der Waals surface area contributed by atoms with Crippen LogP contribution in [0.3, 0.4) is 0 Å². The van der Waals surface area contributed by atoms with Gasteiger partial charge in [0.25, 0.3) is 5.91 Å². The van der Waals surface area contributed by atoms with Crippen molar-refractivity contribution in [3.05, 3.63) is 33.8 Å². The van der Waals surface area contributed by atoms with Crippen LogP contribution < -0.4 is 11.1 Å². The molecule has 0 aliphatic heterocycles. The molecule has 0 heterocycles. The molecule has 6 heteroatoms. The van der Waals surface area contributed by atoms with Gasteiger partial charge in [-0.05, 0) is 30.9 Å². The summed E-state index contributed by atoms with van der Waals surface area (Å²) in [5.74, 6) is 0.0176. The van der Waals surface area contributed by atoms with E-state index in [1.54, 1.807) is 18.2 Å². The van der Waals surface area contributed by atoms with Gasteiger partial charge < -0.3 is 11.1 Å². The summed E-state index contributed by atoms with van der Waals surface area (Å²) in [5, 5.41) is 3.53. The molecule has 2 rings (SSSR count). The van der Waals surface area contributed by atoms with Crippen molar-refractivity contribution in [1.82, 2.24) is 5.32 Å². The number of carbonyl (C=O) groups is 1. The summed E-state index contributed by atoms with van der Waals surface area (Å²) in [4.78, 5) is 12.7. The van der Waals surface area contributed by atoms with Crippen LogP contribution in [0.5, 0.6) is 0 Å². The Morgan fingerprint density at radius 2 is 1.95 bits per heavy atom. The van der Waals surface area contributed by atoms with Crippen LogP contribution >= 0.6 is 35.4 Å². The van der Waals surface area contributed by atoms with Gasteiger partial charge in [-0.2, -0.15) is 0 Å². The van der Waals surface area contributed by atoms with Crippen molar-refractivity contribution in [2.24, 2.45) is 11.7 Å². The minimum atomic E-state index is -0.289. The summed E-state index contributed by atoms with van der Waals surface area (Å²) in [5.41, 5.74) is 6.17. The van der Waals surface area contributed by atoms with Crippen LogP contribution in [0.1, 0.15) is 42.5 Å². The lowest BCUT2D eigenvalue weighted by Gasteiger charge is -2.30. The summed E-state index contributed by atoms with van der Waals surface area (Å²) in [6, 6.07) is 4.69. The Kier molecular flexibility index (Phi) is 5.85. The number of nitrogens with one attached hydrogen (secondary N) is 1. The van der Waals surface area contributed by atoms with Crippen molar-refractivity contribution < 1.29 is 4.79 Å². The van der Waals surface area contributed by atoms with Crippen LogP contribution in [-0.2, 0) is 0 Å². The van der Waals surface area contributed by atoms with Crippen LogP contribution in [0.25, 0.3) is 0 Å². The Labute approximate surface area is 140 Å². The summed E-state index contributed by atoms with van der Waals surface area (Å²) in [6.07, 6.45) is 5.60. The Balaban J connectivity index is 2.14. The Morgan fingerprint density at radius 1 is 1.29 bits per heavy atom. The SMILES string of the molecule is NC(=S)C(NC(=O)c1cccc(Cl)c1Cl)C1CCCCC1. The maximum atomic E-state index is 12.4. The minimum Gasteiger partial charge on any atom is -0.392 e. The van der Waals surface area contributed by atoms with E-state index in [2.05, 4.69) is 5.32 Å². The molecule has 1 aromatic rings. The highest BCUT2D eigenvalue weighted by molar-refractivity contribution is 7.80. The number of carbonyl (C=O) groups excluding carboxylic acids is 1. The quantitative estimate of drug-likeness (QED) is 0.812. The molecule has 3 N–H and O–H groups in total. The Morgan fingerprint density at radius 3 is 2.57 bits per heavy atom. The van der Waals surface area contributed by atoms with E-state index in [-0.39, 0.29) is 17.0 Å². The predicted molar refractivity (Wildman–Crippen MR) is 91.1 cm³/mol. The van der Waals surface area contributed by atoms with E-state index in [4.69, 9.17) is 41.2 Å². The van der Waals surface area contributed by atoms with Crippen molar-refractivity contribution in [2.75, 3.05) is 0 Å². The zero-order valence-electron chi connectivity index (χ0n) is 11.6. The molecular formula is C15H18Cl2N2OS. The smallest absolute Gasteiger partial charge is 0.253 e. The van der Waals surface area contributed by atoms with E-state index in [1.807, 2.05) is 0 Å². The molecule has 114 valence electrons. The highest BCUT2D eigenvalue weighted by atomic mass is 35.5. The molecule has 3 nitrogen and oxygen atoms in total. The minimum absolute atomic E-state index is 0.252. The topological polar surface area (TPSA) is 55.1 Å². The molecular weight excluding hydrogens is 327 g/mol. The number of halogens is 2. The molecule has 0 aromatic heterocycles. The molecule has 1 unspecified atom stereocenters. The van der Waals surface area contributed by atoms with Crippen molar-refractivity contribution >= 4 is 46.3 Å². The highest BCUT2D eigenvalue weighted by Gasteiger charge is 2.28. The predicted octanol–water partition coefficient (Wildman–Crippen LogP) is 3.96. The average molecular weight is 345 g/mol. The van der Waals surface area contributed by atoms with Crippen LogP contribution in [0, 0.1) is 5.92 Å². The molecule has 0 spiro atoms. The maximum absolute atomic E-state index is 12.4. The molecule has 0 bridgehead atoms. The molecule has 0 saturated heterocycles. The van der Waals surface area contributed by atoms with Gasteiger partial charge in [0, 0.05) is 0 Å². The number of nitrogens with two attached hydrogens (primary N) is 1. The van der Waals surface area contributed by atoms with E-state index >= 15 is 0 Å². The Bertz CT molecular complexity index is 544. The first-order valence-corrected chi connectivity index (χ1v) is 8.21. The van der Waals surface area contributed by atoms with E-state index in [1.165, 1.54) is 6.42 Å². The van der Waals surface area contributed by atoms with E-state index in [0.29, 0.717) is 21.5 Å². The van der Waals surface area contributed by atoms with Crippen molar-refractivity contribution in [1.29, 1.82) is 0 Å². The first-order valence-electron chi connectivity index (χ1n) is 7.05. The monoisotopic (exact) mass is 344 g/mol. The van der Waals surface area contributed by atoms with Gasteiger partial charge in [-0.1, -0.05) is 60.7 Å². The second-order valence-corrected chi connectivity index (χ2v) is 6.61. The van der Waals surface area contributed by atoms with Gasteiger partial charge in [-0.25, -0.2) is 0 Å². The molecule has 21 heavy (non-hydrogen) atoms. The van der Waals surface area contributed by atoms with E-state index in [0.717, 1.165) is 25.7 Å². The molecule has 1 aliphatic rings. The summed E-state index contributed by atoms with van der Waals surface area (Å²) in [6.45, 7) is 0. The highest BCUT2D eigenvalue weighted by Crippen LogP contribution is 2.28. The number of hydrogen-bond donors (Lipinski definition) is 2. The fourth-order valence-electron chi connectivity index (χ4n) is 2.79. The fraction of sp³-hybridized carbons (Fsp3) is 0.467. The van der Waals surface area contributed by atoms with Gasteiger partial charge in [0.05, 0.1) is 26.6 Å². The standard InChI is InChI=1S/C15H18Cl2N2OS/c16-11-8-4-7-10(12(11)17)15(20)19-13(14(18)21)9-5-2-1-3-6-9/h4,7-9,13H,1-3,5-6H2,(H2,18,21)(H,19,20). The largest absolute Gasteiger partial charge is 0.392 e. The molecule has 0 radical (unpaired) electrons. The zero-order chi connectivity index (χ0) is 15.4. The van der Waals surface area contributed by atoms with Crippen molar-refractivity contribution in [3.63, 3.8) is 0 Å². The number of thiocarbonyl (C=S) groups is 1. The lowest BCUT2D eigenvalue weighted by Crippen LogP contribution is -2.48. The van der Waals surface area contributed by atoms with Gasteiger partial charge in [0.15, 0.2) is 0 Å². The van der Waals surface area contributed by atoms with Crippen LogP contribution in [0.15, 0.2) is 18.2 Å². The number of benzene rings is 1. The number of amides is 1. The van der Waals surface area contributed by atoms with Crippen LogP contribution in [-0.4, -0.2) is 16.9 Å². The molecule has 1 aliphatic carbocycles. The number of rotatable bonds is 4. The summed E-state index contributed by atoms with van der Waals surface area (Å²) in [7, 11) is 0. The second kappa shape index (κ2) is 7.43. The first kappa shape index (κ1) is 16.5. The average Bonchev–Trinajstić information content (AvgIpc) is 2.48. The van der Waals surface area contributed by atoms with Gasteiger partial charge >= 0.3 is 0 Å². The molecule has 1 amide bonds. The lowest BCUT2D eigenvalue weighted by molar-refractivity contribution is 0.0932. The molecule has 1 atom stereocenters. The fourth-order valence-corrected chi connectivity index (χ4v) is 3.42. The number of hydrogen-bond acceptors (Lipinski definition) is 2. The van der Waals surface area contributed by atoms with E-state index in [9.17, 15) is 4.79 Å². The van der Waals surface area contributed by atoms with Gasteiger partial charge in [-0.3, -0.25) is 4.79 Å². The summed E-state index contributed by atoms with van der Waals surface area (Å²) < 4.78 is 0. The third-order valence-corrected chi connectivity index (χ3v) is 4.98. The zero-order valence-corrected chi connectivity index (χ0v) is 13.9. The second-order valence-electron chi connectivity index (χ2n) is 5.35. The van der Waals surface area contributed by atoms with Gasteiger partial charge in [-0.15, -0.1) is 0 Å². The first-order chi connectivity index (χ1) is 10.0. The van der Waals surface area contributed by atoms with Crippen molar-refractivity contribution in [3.8, 4) is 0 Å². The third-order valence-electron chi connectivity index (χ3n) is 3.91. The Hall–Kier alpha value is -0.840. The van der Waals surface area contributed by atoms with E-state index < -0.39 is 0 Å².